The van der Waals surface area contributed by atoms with E-state index in [9.17, 15) is 4.79 Å². The second kappa shape index (κ2) is 2.84. The molecule has 1 fully saturated rings. The van der Waals surface area contributed by atoms with Gasteiger partial charge in [0.05, 0.1) is 18.9 Å². The van der Waals surface area contributed by atoms with Crippen molar-refractivity contribution in [3.05, 3.63) is 18.0 Å². The maximum Gasteiger partial charge on any atom is 0.333 e. The molecular weight excluding hydrogens is 182 g/mol. The van der Waals surface area contributed by atoms with Crippen molar-refractivity contribution < 1.29 is 9.53 Å². The monoisotopic (exact) mass is 191 g/mol. The molecule has 72 valence electrons. The highest BCUT2D eigenvalue weighted by Crippen LogP contribution is 2.44. The standard InChI is InChI=1S/C9H9N3O2/c1-14-8(13)9(2-3-9)12-6-7(4-10)5-11-12/h5-6H,2-3H2,1H3. The van der Waals surface area contributed by atoms with Crippen LogP contribution in [0.15, 0.2) is 12.4 Å². The van der Waals surface area contributed by atoms with Crippen LogP contribution < -0.4 is 0 Å². The van der Waals surface area contributed by atoms with Crippen LogP contribution in [0.2, 0.25) is 0 Å². The number of nitriles is 1. The molecule has 0 bridgehead atoms. The first-order chi connectivity index (χ1) is 6.73. The van der Waals surface area contributed by atoms with E-state index in [0.29, 0.717) is 5.56 Å². The Kier molecular flexibility index (Phi) is 1.78. The molecule has 0 atom stereocenters. The van der Waals surface area contributed by atoms with Crippen LogP contribution in [0.5, 0.6) is 0 Å². The molecule has 0 aliphatic heterocycles. The molecule has 1 aliphatic carbocycles. The van der Waals surface area contributed by atoms with Crippen molar-refractivity contribution in [2.75, 3.05) is 7.11 Å². The number of carbonyl (C=O) groups is 1. The zero-order valence-corrected chi connectivity index (χ0v) is 7.73. The predicted octanol–water partition coefficient (Wildman–Crippen LogP) is 0.417. The second-order valence-corrected chi connectivity index (χ2v) is 3.31. The van der Waals surface area contributed by atoms with Gasteiger partial charge < -0.3 is 4.74 Å². The number of rotatable bonds is 2. The molecule has 0 aromatic carbocycles. The van der Waals surface area contributed by atoms with Gasteiger partial charge in [0, 0.05) is 6.20 Å². The fraction of sp³-hybridized carbons (Fsp3) is 0.444. The average Bonchev–Trinajstić information content (AvgIpc) is 2.89. The van der Waals surface area contributed by atoms with E-state index in [0.717, 1.165) is 12.8 Å². The fourth-order valence-corrected chi connectivity index (χ4v) is 1.45. The van der Waals surface area contributed by atoms with Gasteiger partial charge in [-0.2, -0.15) is 10.4 Å². The molecule has 0 unspecified atom stereocenters. The minimum absolute atomic E-state index is 0.287. The Balaban J connectivity index is 2.31. The van der Waals surface area contributed by atoms with E-state index in [2.05, 4.69) is 5.10 Å². The molecule has 5 heteroatoms. The summed E-state index contributed by atoms with van der Waals surface area (Å²) in [5.41, 5.74) is -0.177. The molecule has 0 radical (unpaired) electrons. The van der Waals surface area contributed by atoms with Crippen molar-refractivity contribution in [3.63, 3.8) is 0 Å². The molecule has 0 saturated heterocycles. The molecule has 1 aromatic rings. The van der Waals surface area contributed by atoms with Gasteiger partial charge in [-0.3, -0.25) is 4.68 Å². The molecule has 1 saturated carbocycles. The minimum Gasteiger partial charge on any atom is -0.467 e. The van der Waals surface area contributed by atoms with Gasteiger partial charge in [0.15, 0.2) is 5.54 Å². The molecule has 0 spiro atoms. The molecule has 2 rings (SSSR count). The van der Waals surface area contributed by atoms with Gasteiger partial charge in [-0.25, -0.2) is 4.79 Å². The Morgan fingerprint density at radius 3 is 2.93 bits per heavy atom. The Hall–Kier alpha value is -1.83. The van der Waals surface area contributed by atoms with E-state index in [1.54, 1.807) is 6.20 Å². The fourth-order valence-electron chi connectivity index (χ4n) is 1.45. The zero-order chi connectivity index (χ0) is 10.2. The quantitative estimate of drug-likeness (QED) is 0.635. The first-order valence-electron chi connectivity index (χ1n) is 4.26. The number of carbonyl (C=O) groups excluding carboxylic acids is 1. The summed E-state index contributed by atoms with van der Waals surface area (Å²) in [6, 6.07) is 1.97. The van der Waals surface area contributed by atoms with Crippen LogP contribution in [0.25, 0.3) is 0 Å². The number of nitrogens with zero attached hydrogens (tertiary/aromatic N) is 3. The van der Waals surface area contributed by atoms with Gasteiger partial charge in [-0.1, -0.05) is 0 Å². The van der Waals surface area contributed by atoms with Crippen molar-refractivity contribution >= 4 is 5.97 Å². The number of ether oxygens (including phenoxy) is 1. The summed E-state index contributed by atoms with van der Waals surface area (Å²) < 4.78 is 6.22. The SMILES string of the molecule is COC(=O)C1(n2cc(C#N)cn2)CC1. The Labute approximate surface area is 80.9 Å². The molecule has 5 nitrogen and oxygen atoms in total. The summed E-state index contributed by atoms with van der Waals surface area (Å²) in [7, 11) is 1.36. The van der Waals surface area contributed by atoms with Gasteiger partial charge in [-0.05, 0) is 12.8 Å². The summed E-state index contributed by atoms with van der Waals surface area (Å²) in [6.45, 7) is 0. The third kappa shape index (κ3) is 1.08. The van der Waals surface area contributed by atoms with Crippen LogP contribution in [0.4, 0.5) is 0 Å². The molecule has 0 N–H and O–H groups in total. The van der Waals surface area contributed by atoms with E-state index in [-0.39, 0.29) is 5.97 Å². The molecule has 1 aliphatic rings. The third-order valence-electron chi connectivity index (χ3n) is 2.44. The van der Waals surface area contributed by atoms with Crippen molar-refractivity contribution in [2.45, 2.75) is 18.4 Å². The average molecular weight is 191 g/mol. The number of esters is 1. The second-order valence-electron chi connectivity index (χ2n) is 3.31. The van der Waals surface area contributed by atoms with E-state index in [4.69, 9.17) is 10.00 Å². The normalized spacial score (nSPS) is 17.1. The lowest BCUT2D eigenvalue weighted by Gasteiger charge is -2.12. The largest absolute Gasteiger partial charge is 0.467 e. The molecular formula is C9H9N3O2. The Bertz CT molecular complexity index is 412. The van der Waals surface area contributed by atoms with Gasteiger partial charge in [-0.15, -0.1) is 0 Å². The van der Waals surface area contributed by atoms with Gasteiger partial charge in [0.1, 0.15) is 6.07 Å². The maximum absolute atomic E-state index is 11.4. The van der Waals surface area contributed by atoms with Crippen LogP contribution >= 0.6 is 0 Å². The molecule has 1 aromatic heterocycles. The van der Waals surface area contributed by atoms with Crippen LogP contribution in [-0.2, 0) is 15.1 Å². The summed E-state index contributed by atoms with van der Waals surface area (Å²) in [6.07, 6.45) is 4.48. The molecule has 0 amide bonds. The highest BCUT2D eigenvalue weighted by Gasteiger charge is 2.54. The Morgan fingerprint density at radius 2 is 2.50 bits per heavy atom. The van der Waals surface area contributed by atoms with E-state index in [1.165, 1.54) is 18.0 Å². The highest BCUT2D eigenvalue weighted by molar-refractivity contribution is 5.81. The van der Waals surface area contributed by atoms with Crippen LogP contribution in [0.3, 0.4) is 0 Å². The summed E-state index contributed by atoms with van der Waals surface area (Å²) >= 11 is 0. The van der Waals surface area contributed by atoms with Gasteiger partial charge in [0.25, 0.3) is 0 Å². The molecule has 14 heavy (non-hydrogen) atoms. The van der Waals surface area contributed by atoms with Crippen LogP contribution in [0, 0.1) is 11.3 Å². The Morgan fingerprint density at radius 1 is 1.79 bits per heavy atom. The lowest BCUT2D eigenvalue weighted by molar-refractivity contribution is -0.146. The minimum atomic E-state index is -0.635. The third-order valence-corrected chi connectivity index (χ3v) is 2.44. The van der Waals surface area contributed by atoms with Gasteiger partial charge in [0.2, 0.25) is 0 Å². The van der Waals surface area contributed by atoms with E-state index in [1.807, 2.05) is 6.07 Å². The summed E-state index contributed by atoms with van der Waals surface area (Å²) in [5, 5.41) is 12.6. The smallest absolute Gasteiger partial charge is 0.333 e. The van der Waals surface area contributed by atoms with Gasteiger partial charge >= 0.3 is 5.97 Å². The van der Waals surface area contributed by atoms with E-state index >= 15 is 0 Å². The van der Waals surface area contributed by atoms with Crippen molar-refractivity contribution in [1.82, 2.24) is 9.78 Å². The maximum atomic E-state index is 11.4. The van der Waals surface area contributed by atoms with Crippen molar-refractivity contribution in [2.24, 2.45) is 0 Å². The first kappa shape index (κ1) is 8.75. The van der Waals surface area contributed by atoms with E-state index < -0.39 is 5.54 Å². The lowest BCUT2D eigenvalue weighted by atomic mass is 10.3. The zero-order valence-electron chi connectivity index (χ0n) is 7.73. The summed E-state index contributed by atoms with van der Waals surface area (Å²) in [5.74, 6) is -0.287. The predicted molar refractivity (Wildman–Crippen MR) is 46.2 cm³/mol. The number of aromatic nitrogens is 2. The van der Waals surface area contributed by atoms with Crippen LogP contribution in [0.1, 0.15) is 18.4 Å². The lowest BCUT2D eigenvalue weighted by Crippen LogP contribution is -2.29. The topological polar surface area (TPSA) is 67.9 Å². The first-order valence-corrected chi connectivity index (χ1v) is 4.26. The number of hydrogen-bond donors (Lipinski definition) is 0. The molecule has 1 heterocycles. The summed E-state index contributed by atoms with van der Waals surface area (Å²) in [4.78, 5) is 11.4. The van der Waals surface area contributed by atoms with Crippen molar-refractivity contribution in [1.29, 1.82) is 5.26 Å². The van der Waals surface area contributed by atoms with Crippen LogP contribution in [-0.4, -0.2) is 22.9 Å². The van der Waals surface area contributed by atoms with Crippen molar-refractivity contribution in [3.8, 4) is 6.07 Å². The number of methoxy groups -OCH3 is 1. The highest BCUT2D eigenvalue weighted by atomic mass is 16.5. The number of hydrogen-bond acceptors (Lipinski definition) is 4.